The molecule has 1 aliphatic carbocycles. The molecule has 0 aromatic heterocycles. The maximum Gasteiger partial charge on any atom is 0.201 e. The van der Waals surface area contributed by atoms with Gasteiger partial charge in [-0.2, -0.15) is 0 Å². The molecule has 1 atom stereocenters. The van der Waals surface area contributed by atoms with Crippen LogP contribution in [0.1, 0.15) is 26.2 Å². The van der Waals surface area contributed by atoms with Crippen LogP contribution in [0.4, 0.5) is 0 Å². The molecule has 0 aromatic carbocycles. The summed E-state index contributed by atoms with van der Waals surface area (Å²) in [4.78, 5) is 0. The van der Waals surface area contributed by atoms with Crippen molar-refractivity contribution in [1.82, 2.24) is 4.72 Å². The van der Waals surface area contributed by atoms with Crippen LogP contribution in [0.25, 0.3) is 0 Å². The molecule has 0 heterocycles. The summed E-state index contributed by atoms with van der Waals surface area (Å²) in [6.07, 6.45) is 5.12. The number of thiol groups is 1. The van der Waals surface area contributed by atoms with E-state index in [2.05, 4.69) is 4.72 Å². The van der Waals surface area contributed by atoms with Gasteiger partial charge >= 0.3 is 0 Å². The summed E-state index contributed by atoms with van der Waals surface area (Å²) in [6.45, 7) is 2.03. The molecule has 0 bridgehead atoms. The Morgan fingerprint density at radius 2 is 2.36 bits per heavy atom. The minimum Gasteiger partial charge on any atom is -0.215 e. The molecule has 1 N–H and O–H groups in total. The largest absolute Gasteiger partial charge is 0.215 e. The molecule has 0 aliphatic heterocycles. The maximum absolute atomic E-state index is 10.3. The van der Waals surface area contributed by atoms with Crippen molar-refractivity contribution in [1.29, 1.82) is 0 Å². The van der Waals surface area contributed by atoms with Crippen LogP contribution in [0, 0.1) is 0 Å². The molecule has 11 heavy (non-hydrogen) atoms. The average Bonchev–Trinajstić information content (AvgIpc) is 1.85. The molecule has 0 radical (unpaired) electrons. The second-order valence-electron chi connectivity index (χ2n) is 2.90. The van der Waals surface area contributed by atoms with Crippen LogP contribution in [0.15, 0.2) is 11.6 Å². The number of allylic oxidation sites excluding steroid dienone is 1. The van der Waals surface area contributed by atoms with Gasteiger partial charge in [-0.3, -0.25) is 0 Å². The summed E-state index contributed by atoms with van der Waals surface area (Å²) in [7, 11) is -2.44. The molecular weight excluding hydrogens is 162 g/mol. The fraction of sp³-hybridized carbons (Fsp3) is 0.714. The quantitative estimate of drug-likeness (QED) is 0.477. The Hall–Kier alpha value is -0.350. The summed E-state index contributed by atoms with van der Waals surface area (Å²) in [6, 6.07) is 0.0462. The van der Waals surface area contributed by atoms with Gasteiger partial charge in [0.25, 0.3) is 0 Å². The zero-order chi connectivity index (χ0) is 8.27. The molecule has 4 heteroatoms. The van der Waals surface area contributed by atoms with Crippen molar-refractivity contribution in [2.45, 2.75) is 32.2 Å². The van der Waals surface area contributed by atoms with Crippen molar-refractivity contribution in [2.75, 3.05) is 0 Å². The lowest BCUT2D eigenvalue weighted by Gasteiger charge is -2.17. The van der Waals surface area contributed by atoms with Gasteiger partial charge in [0.15, 0.2) is 0 Å². The van der Waals surface area contributed by atoms with E-state index < -0.39 is 10.9 Å². The van der Waals surface area contributed by atoms with E-state index >= 15 is 0 Å². The van der Waals surface area contributed by atoms with Crippen molar-refractivity contribution in [3.05, 3.63) is 11.6 Å². The molecule has 1 unspecified atom stereocenters. The molecule has 1 rings (SSSR count). The van der Waals surface area contributed by atoms with Crippen molar-refractivity contribution < 1.29 is 8.42 Å². The number of nitrogens with one attached hydrogen (secondary N) is 1. The Morgan fingerprint density at radius 1 is 1.64 bits per heavy atom. The number of hydrogen-bond donors (Lipinski definition) is 2. The fourth-order valence-electron chi connectivity index (χ4n) is 1.35. The minimum atomic E-state index is -2.44. The highest BCUT2D eigenvalue weighted by molar-refractivity contribution is 7.70. The van der Waals surface area contributed by atoms with E-state index in [9.17, 15) is 8.42 Å². The molecule has 0 spiro atoms. The Kier molecular flexibility index (Phi) is 3.08. The Bertz CT molecular complexity index is 225. The maximum atomic E-state index is 10.3. The molecule has 0 aromatic rings. The zero-order valence-electron chi connectivity index (χ0n) is 6.54. The standard InChI is InChI=1S/C7H13NO2S/c1-6-3-2-4-7(5-6)8-11(9)10/h5,7,11H,2-4H2,1H3,(H,8,9,10). The van der Waals surface area contributed by atoms with E-state index in [1.54, 1.807) is 0 Å². The second-order valence-corrected chi connectivity index (χ2v) is 3.67. The van der Waals surface area contributed by atoms with Gasteiger partial charge in [0.05, 0.1) is 0 Å². The van der Waals surface area contributed by atoms with Gasteiger partial charge < -0.3 is 0 Å². The first-order chi connectivity index (χ1) is 5.18. The highest BCUT2D eigenvalue weighted by atomic mass is 32.2. The normalized spacial score (nSPS) is 25.3. The predicted molar refractivity (Wildman–Crippen MR) is 44.8 cm³/mol. The molecule has 0 saturated carbocycles. The van der Waals surface area contributed by atoms with Gasteiger partial charge in [-0.1, -0.05) is 11.6 Å². The lowest BCUT2D eigenvalue weighted by atomic mass is 9.98. The van der Waals surface area contributed by atoms with Crippen LogP contribution in [-0.4, -0.2) is 14.5 Å². The Morgan fingerprint density at radius 3 is 2.91 bits per heavy atom. The van der Waals surface area contributed by atoms with E-state index in [1.807, 2.05) is 13.0 Å². The molecule has 1 aliphatic rings. The SMILES string of the molecule is CC1=CC(N[SH](=O)=O)CCC1. The Balaban J connectivity index is 2.52. The van der Waals surface area contributed by atoms with Crippen molar-refractivity contribution >= 4 is 10.9 Å². The van der Waals surface area contributed by atoms with Crippen molar-refractivity contribution in [2.24, 2.45) is 0 Å². The molecule has 0 fully saturated rings. The predicted octanol–water partition coefficient (Wildman–Crippen LogP) is 0.601. The van der Waals surface area contributed by atoms with E-state index in [-0.39, 0.29) is 6.04 Å². The van der Waals surface area contributed by atoms with Crippen LogP contribution in [0.3, 0.4) is 0 Å². The first-order valence-corrected chi connectivity index (χ1v) is 4.94. The van der Waals surface area contributed by atoms with Crippen LogP contribution < -0.4 is 4.72 Å². The number of rotatable bonds is 2. The van der Waals surface area contributed by atoms with Gasteiger partial charge in [-0.15, -0.1) is 0 Å². The zero-order valence-corrected chi connectivity index (χ0v) is 7.43. The van der Waals surface area contributed by atoms with E-state index in [0.29, 0.717) is 0 Å². The van der Waals surface area contributed by atoms with Gasteiger partial charge in [-0.25, -0.2) is 13.1 Å². The summed E-state index contributed by atoms with van der Waals surface area (Å²) < 4.78 is 23.0. The Labute approximate surface area is 68.6 Å². The van der Waals surface area contributed by atoms with Gasteiger partial charge in [0, 0.05) is 6.04 Å². The first kappa shape index (κ1) is 8.74. The molecule has 64 valence electrons. The highest BCUT2D eigenvalue weighted by Crippen LogP contribution is 2.16. The lowest BCUT2D eigenvalue weighted by molar-refractivity contribution is 0.558. The summed E-state index contributed by atoms with van der Waals surface area (Å²) in [5, 5.41) is 0. The average molecular weight is 175 g/mol. The summed E-state index contributed by atoms with van der Waals surface area (Å²) >= 11 is 0. The van der Waals surface area contributed by atoms with Gasteiger partial charge in [-0.05, 0) is 26.2 Å². The third kappa shape index (κ3) is 3.03. The smallest absolute Gasteiger partial charge is 0.201 e. The summed E-state index contributed by atoms with van der Waals surface area (Å²) in [5.74, 6) is 0. The van der Waals surface area contributed by atoms with Crippen LogP contribution >= 0.6 is 0 Å². The topological polar surface area (TPSA) is 46.2 Å². The number of hydrogen-bond acceptors (Lipinski definition) is 2. The van der Waals surface area contributed by atoms with Crippen molar-refractivity contribution in [3.8, 4) is 0 Å². The van der Waals surface area contributed by atoms with Crippen molar-refractivity contribution in [3.63, 3.8) is 0 Å². The molecule has 0 saturated heterocycles. The van der Waals surface area contributed by atoms with E-state index in [4.69, 9.17) is 0 Å². The third-order valence-corrected chi connectivity index (χ3v) is 2.39. The van der Waals surface area contributed by atoms with Crippen LogP contribution in [0.5, 0.6) is 0 Å². The van der Waals surface area contributed by atoms with Crippen LogP contribution in [-0.2, 0) is 10.9 Å². The van der Waals surface area contributed by atoms with Gasteiger partial charge in [0.1, 0.15) is 0 Å². The first-order valence-electron chi connectivity index (χ1n) is 3.76. The fourth-order valence-corrected chi connectivity index (χ4v) is 1.82. The van der Waals surface area contributed by atoms with Crippen LogP contribution in [0.2, 0.25) is 0 Å². The highest BCUT2D eigenvalue weighted by Gasteiger charge is 2.10. The van der Waals surface area contributed by atoms with Gasteiger partial charge in [0.2, 0.25) is 10.9 Å². The molecule has 3 nitrogen and oxygen atoms in total. The molecular formula is C7H13NO2S. The minimum absolute atomic E-state index is 0.0462. The lowest BCUT2D eigenvalue weighted by Crippen LogP contribution is -2.27. The summed E-state index contributed by atoms with van der Waals surface area (Å²) in [5.41, 5.74) is 1.28. The third-order valence-electron chi connectivity index (χ3n) is 1.84. The molecule has 0 amide bonds. The monoisotopic (exact) mass is 175 g/mol. The second kappa shape index (κ2) is 3.88. The van der Waals surface area contributed by atoms with E-state index in [1.165, 1.54) is 5.57 Å². The van der Waals surface area contributed by atoms with E-state index in [0.717, 1.165) is 19.3 Å².